The van der Waals surface area contributed by atoms with Crippen molar-refractivity contribution in [3.8, 4) is 5.75 Å². The standard InChI is InChI=1S/C19H23N3O5S/c1-3-13-26-15-9-6-14(7-10-15)8-11-17(23)22-12-4-5-16(22)18-20-21-19(27-18)28(2,24)25/h6-11,16H,3-5,12-13H2,1-2H3/b11-8+/t16-/m0/s1. The van der Waals surface area contributed by atoms with E-state index in [9.17, 15) is 13.2 Å². The van der Waals surface area contributed by atoms with Crippen molar-refractivity contribution < 1.29 is 22.4 Å². The summed E-state index contributed by atoms with van der Waals surface area (Å²) in [6, 6.07) is 7.08. The molecule has 1 amide bonds. The number of hydrogen-bond donors (Lipinski definition) is 0. The number of likely N-dealkylation sites (tertiary alicyclic amines) is 1. The third-order valence-corrected chi connectivity index (χ3v) is 5.13. The Morgan fingerprint density at radius 3 is 2.71 bits per heavy atom. The first kappa shape index (κ1) is 20.1. The number of rotatable bonds is 7. The van der Waals surface area contributed by atoms with E-state index in [1.165, 1.54) is 6.08 Å². The van der Waals surface area contributed by atoms with Gasteiger partial charge in [-0.05, 0) is 43.0 Å². The molecule has 0 bridgehead atoms. The van der Waals surface area contributed by atoms with Crippen LogP contribution in [0.1, 0.15) is 43.7 Å². The zero-order valence-corrected chi connectivity index (χ0v) is 16.7. The Kier molecular flexibility index (Phi) is 6.13. The second-order valence-electron chi connectivity index (χ2n) is 6.62. The van der Waals surface area contributed by atoms with Crippen LogP contribution in [0, 0.1) is 0 Å². The lowest BCUT2D eigenvalue weighted by atomic mass is 10.2. The lowest BCUT2D eigenvalue weighted by molar-refractivity contribution is -0.127. The van der Waals surface area contributed by atoms with Crippen LogP contribution in [-0.4, -0.2) is 48.8 Å². The number of sulfone groups is 1. The van der Waals surface area contributed by atoms with Gasteiger partial charge in [0.05, 0.1) is 6.61 Å². The molecule has 1 atom stereocenters. The van der Waals surface area contributed by atoms with Crippen molar-refractivity contribution in [2.45, 2.75) is 37.5 Å². The molecule has 28 heavy (non-hydrogen) atoms. The molecule has 1 saturated heterocycles. The summed E-state index contributed by atoms with van der Waals surface area (Å²) in [5.41, 5.74) is 0.880. The van der Waals surface area contributed by atoms with Crippen molar-refractivity contribution >= 4 is 21.8 Å². The fourth-order valence-electron chi connectivity index (χ4n) is 2.95. The average Bonchev–Trinajstić information content (AvgIpc) is 3.33. The zero-order chi connectivity index (χ0) is 20.1. The second-order valence-corrected chi connectivity index (χ2v) is 8.51. The zero-order valence-electron chi connectivity index (χ0n) is 15.9. The Balaban J connectivity index is 1.67. The van der Waals surface area contributed by atoms with Gasteiger partial charge in [-0.15, -0.1) is 5.10 Å². The lowest BCUT2D eigenvalue weighted by Gasteiger charge is -2.20. The van der Waals surface area contributed by atoms with Gasteiger partial charge in [0, 0.05) is 18.9 Å². The van der Waals surface area contributed by atoms with Crippen LogP contribution in [0.3, 0.4) is 0 Å². The molecule has 0 aliphatic carbocycles. The third kappa shape index (κ3) is 4.78. The van der Waals surface area contributed by atoms with E-state index in [-0.39, 0.29) is 11.8 Å². The number of aromatic nitrogens is 2. The largest absolute Gasteiger partial charge is 0.494 e. The molecule has 0 spiro atoms. The predicted octanol–water partition coefficient (Wildman–Crippen LogP) is 2.64. The molecule has 1 aliphatic rings. The quantitative estimate of drug-likeness (QED) is 0.652. The van der Waals surface area contributed by atoms with Crippen molar-refractivity contribution in [3.63, 3.8) is 0 Å². The lowest BCUT2D eigenvalue weighted by Crippen LogP contribution is -2.29. The van der Waals surface area contributed by atoms with Crippen LogP contribution in [0.2, 0.25) is 0 Å². The van der Waals surface area contributed by atoms with Gasteiger partial charge in [0.1, 0.15) is 11.8 Å². The minimum Gasteiger partial charge on any atom is -0.494 e. The molecular formula is C19H23N3O5S. The van der Waals surface area contributed by atoms with E-state index in [1.54, 1.807) is 11.0 Å². The van der Waals surface area contributed by atoms with Crippen LogP contribution >= 0.6 is 0 Å². The van der Waals surface area contributed by atoms with E-state index >= 15 is 0 Å². The summed E-state index contributed by atoms with van der Waals surface area (Å²) in [7, 11) is -3.57. The molecule has 1 aliphatic heterocycles. The number of nitrogens with zero attached hydrogens (tertiary/aromatic N) is 3. The van der Waals surface area contributed by atoms with E-state index in [0.717, 1.165) is 30.4 Å². The first-order chi connectivity index (χ1) is 13.4. The van der Waals surface area contributed by atoms with Gasteiger partial charge < -0.3 is 14.1 Å². The fraction of sp³-hybridized carbons (Fsp3) is 0.421. The van der Waals surface area contributed by atoms with E-state index in [1.807, 2.05) is 31.2 Å². The summed E-state index contributed by atoms with van der Waals surface area (Å²) in [5, 5.41) is 6.97. The maximum Gasteiger partial charge on any atom is 0.335 e. The van der Waals surface area contributed by atoms with Crippen molar-refractivity contribution in [1.82, 2.24) is 15.1 Å². The van der Waals surface area contributed by atoms with Gasteiger partial charge in [0.25, 0.3) is 0 Å². The molecular weight excluding hydrogens is 382 g/mol. The highest BCUT2D eigenvalue weighted by molar-refractivity contribution is 7.90. The van der Waals surface area contributed by atoms with E-state index < -0.39 is 21.1 Å². The van der Waals surface area contributed by atoms with Crippen LogP contribution < -0.4 is 4.74 Å². The van der Waals surface area contributed by atoms with Gasteiger partial charge in [-0.1, -0.05) is 24.2 Å². The van der Waals surface area contributed by atoms with Gasteiger partial charge in [-0.25, -0.2) is 8.42 Å². The highest BCUT2D eigenvalue weighted by Gasteiger charge is 2.33. The Labute approximate surface area is 164 Å². The molecule has 2 aromatic rings. The maximum absolute atomic E-state index is 12.6. The monoisotopic (exact) mass is 405 g/mol. The molecule has 150 valence electrons. The summed E-state index contributed by atoms with van der Waals surface area (Å²) < 4.78 is 33.9. The smallest absolute Gasteiger partial charge is 0.335 e. The number of carbonyl (C=O) groups excluding carboxylic acids is 1. The molecule has 0 radical (unpaired) electrons. The maximum atomic E-state index is 12.6. The molecule has 1 aromatic heterocycles. The predicted molar refractivity (Wildman–Crippen MR) is 102 cm³/mol. The average molecular weight is 405 g/mol. The van der Waals surface area contributed by atoms with Crippen molar-refractivity contribution in [2.24, 2.45) is 0 Å². The van der Waals surface area contributed by atoms with Crippen LogP contribution in [0.25, 0.3) is 6.08 Å². The number of amides is 1. The first-order valence-corrected chi connectivity index (χ1v) is 11.0. The fourth-order valence-corrected chi connectivity index (χ4v) is 3.38. The molecule has 0 saturated carbocycles. The molecule has 8 nitrogen and oxygen atoms in total. The van der Waals surface area contributed by atoms with Gasteiger partial charge in [0.15, 0.2) is 0 Å². The topological polar surface area (TPSA) is 103 Å². The minimum atomic E-state index is -3.57. The molecule has 1 fully saturated rings. The summed E-state index contributed by atoms with van der Waals surface area (Å²) in [4.78, 5) is 14.2. The van der Waals surface area contributed by atoms with Crippen molar-refractivity contribution in [3.05, 3.63) is 41.8 Å². The number of ether oxygens (including phenoxy) is 1. The molecule has 0 N–H and O–H groups in total. The Hall–Kier alpha value is -2.68. The van der Waals surface area contributed by atoms with Crippen molar-refractivity contribution in [1.29, 1.82) is 0 Å². The van der Waals surface area contributed by atoms with Crippen LogP contribution in [-0.2, 0) is 14.6 Å². The minimum absolute atomic E-state index is 0.150. The normalized spacial score (nSPS) is 17.4. The third-order valence-electron chi connectivity index (χ3n) is 4.33. The Morgan fingerprint density at radius 2 is 2.07 bits per heavy atom. The highest BCUT2D eigenvalue weighted by Crippen LogP contribution is 2.31. The number of benzene rings is 1. The molecule has 9 heteroatoms. The van der Waals surface area contributed by atoms with Crippen molar-refractivity contribution in [2.75, 3.05) is 19.4 Å². The van der Waals surface area contributed by atoms with E-state index in [0.29, 0.717) is 19.6 Å². The Bertz CT molecular complexity index is 950. The van der Waals surface area contributed by atoms with Gasteiger partial charge >= 0.3 is 5.22 Å². The van der Waals surface area contributed by atoms with Crippen LogP contribution in [0.4, 0.5) is 0 Å². The SMILES string of the molecule is CCCOc1ccc(/C=C/C(=O)N2CCC[C@H]2c2nnc(S(C)(=O)=O)o2)cc1. The van der Waals surface area contributed by atoms with Crippen LogP contribution in [0.15, 0.2) is 40.0 Å². The van der Waals surface area contributed by atoms with Gasteiger partial charge in [-0.3, -0.25) is 4.79 Å². The van der Waals surface area contributed by atoms with Gasteiger partial charge in [0.2, 0.25) is 21.6 Å². The molecule has 0 unspecified atom stereocenters. The first-order valence-electron chi connectivity index (χ1n) is 9.13. The second kappa shape index (κ2) is 8.55. The summed E-state index contributed by atoms with van der Waals surface area (Å²) in [5.74, 6) is 0.757. The highest BCUT2D eigenvalue weighted by atomic mass is 32.2. The summed E-state index contributed by atoms with van der Waals surface area (Å²) in [6.07, 6.45) is 6.60. The summed E-state index contributed by atoms with van der Waals surface area (Å²) >= 11 is 0. The number of hydrogen-bond acceptors (Lipinski definition) is 7. The van der Waals surface area contributed by atoms with E-state index in [4.69, 9.17) is 9.15 Å². The Morgan fingerprint density at radius 1 is 1.32 bits per heavy atom. The molecule has 3 rings (SSSR count). The van der Waals surface area contributed by atoms with Gasteiger partial charge in [-0.2, -0.15) is 0 Å². The molecule has 2 heterocycles. The molecule has 1 aromatic carbocycles. The summed E-state index contributed by atoms with van der Waals surface area (Å²) in [6.45, 7) is 3.26. The number of carbonyl (C=O) groups is 1. The van der Waals surface area contributed by atoms with Crippen LogP contribution in [0.5, 0.6) is 5.75 Å². The van der Waals surface area contributed by atoms with E-state index in [2.05, 4.69) is 10.2 Å².